The molecule has 2 aromatic carbocycles. The normalized spacial score (nSPS) is 20.0. The highest BCUT2D eigenvalue weighted by atomic mass is 16.5. The van der Waals surface area contributed by atoms with E-state index in [1.54, 1.807) is 0 Å². The molecule has 4 nitrogen and oxygen atoms in total. The fourth-order valence-corrected chi connectivity index (χ4v) is 4.33. The highest BCUT2D eigenvalue weighted by molar-refractivity contribution is 6.02. The number of carbonyl (C=O) groups excluding carboxylic acids is 2. The smallest absolute Gasteiger partial charge is 0.140 e. The van der Waals surface area contributed by atoms with Crippen molar-refractivity contribution in [2.75, 3.05) is 13.1 Å². The van der Waals surface area contributed by atoms with Crippen LogP contribution in [0.25, 0.3) is 0 Å². The van der Waals surface area contributed by atoms with Crippen molar-refractivity contribution in [1.82, 2.24) is 4.90 Å². The molecule has 1 aliphatic heterocycles. The molecule has 0 atom stereocenters. The van der Waals surface area contributed by atoms with Gasteiger partial charge < -0.3 is 4.74 Å². The van der Waals surface area contributed by atoms with Gasteiger partial charge in [0.25, 0.3) is 0 Å². The first kappa shape index (κ1) is 17.9. The van der Waals surface area contributed by atoms with Crippen LogP contribution >= 0.6 is 0 Å². The van der Waals surface area contributed by atoms with Gasteiger partial charge in [0.2, 0.25) is 0 Å². The fraction of sp³-hybridized carbons (Fsp3) is 0.391. The first-order chi connectivity index (χ1) is 13.1. The van der Waals surface area contributed by atoms with Gasteiger partial charge in [-0.3, -0.25) is 14.5 Å². The summed E-state index contributed by atoms with van der Waals surface area (Å²) in [5.74, 6) is 1.94. The van der Waals surface area contributed by atoms with Crippen LogP contribution < -0.4 is 4.74 Å². The number of para-hydroxylation sites is 1. The lowest BCUT2D eigenvalue weighted by molar-refractivity contribution is -0.135. The number of benzene rings is 2. The van der Waals surface area contributed by atoms with Gasteiger partial charge in [-0.2, -0.15) is 0 Å². The van der Waals surface area contributed by atoms with E-state index in [-0.39, 0.29) is 23.4 Å². The average molecular weight is 363 g/mol. The second-order valence-corrected chi connectivity index (χ2v) is 7.94. The van der Waals surface area contributed by atoms with E-state index in [1.165, 1.54) is 5.56 Å². The third-order valence-corrected chi connectivity index (χ3v) is 5.76. The van der Waals surface area contributed by atoms with E-state index in [0.29, 0.717) is 12.8 Å². The molecule has 4 rings (SSSR count). The van der Waals surface area contributed by atoms with E-state index in [1.807, 2.05) is 42.5 Å². The van der Waals surface area contributed by atoms with Gasteiger partial charge in [0.1, 0.15) is 23.1 Å². The predicted molar refractivity (Wildman–Crippen MR) is 104 cm³/mol. The minimum Gasteiger partial charge on any atom is -0.457 e. The van der Waals surface area contributed by atoms with Crippen molar-refractivity contribution in [2.45, 2.75) is 38.6 Å². The summed E-state index contributed by atoms with van der Waals surface area (Å²) < 4.78 is 5.84. The Morgan fingerprint density at radius 1 is 0.815 bits per heavy atom. The summed E-state index contributed by atoms with van der Waals surface area (Å²) in [6.07, 6.45) is 3.23. The van der Waals surface area contributed by atoms with Crippen molar-refractivity contribution in [1.29, 1.82) is 0 Å². The van der Waals surface area contributed by atoms with Crippen LogP contribution in [0, 0.1) is 5.41 Å². The summed E-state index contributed by atoms with van der Waals surface area (Å²) in [6.45, 7) is 2.79. The summed E-state index contributed by atoms with van der Waals surface area (Å²) in [5.41, 5.74) is 1.19. The van der Waals surface area contributed by atoms with Gasteiger partial charge in [-0.1, -0.05) is 30.3 Å². The van der Waals surface area contributed by atoms with Gasteiger partial charge in [0.05, 0.1) is 6.42 Å². The number of carbonyl (C=O) groups is 2. The fourth-order valence-electron chi connectivity index (χ4n) is 4.33. The second kappa shape index (κ2) is 7.65. The molecule has 140 valence electrons. The van der Waals surface area contributed by atoms with Crippen LogP contribution in [0.15, 0.2) is 54.6 Å². The Morgan fingerprint density at radius 2 is 1.41 bits per heavy atom. The molecule has 0 radical (unpaired) electrons. The molecular weight excluding hydrogens is 338 g/mol. The van der Waals surface area contributed by atoms with Crippen LogP contribution in [0.5, 0.6) is 11.5 Å². The standard InChI is InChI=1S/C23H25NO3/c25-19-14-20(26)16-23(15-19)10-12-24(13-11-23)17-18-6-8-22(9-7-18)27-21-4-2-1-3-5-21/h1-9H,10-17H2. The molecule has 4 heteroatoms. The lowest BCUT2D eigenvalue weighted by Gasteiger charge is -2.43. The Kier molecular flexibility index (Phi) is 5.08. The van der Waals surface area contributed by atoms with Gasteiger partial charge >= 0.3 is 0 Å². The molecule has 1 heterocycles. The van der Waals surface area contributed by atoms with Crippen molar-refractivity contribution in [3.05, 3.63) is 60.2 Å². The molecule has 2 aliphatic rings. The first-order valence-corrected chi connectivity index (χ1v) is 9.68. The van der Waals surface area contributed by atoms with E-state index in [2.05, 4.69) is 17.0 Å². The van der Waals surface area contributed by atoms with Crippen molar-refractivity contribution in [3.8, 4) is 11.5 Å². The summed E-state index contributed by atoms with van der Waals surface area (Å²) in [4.78, 5) is 26.1. The summed E-state index contributed by atoms with van der Waals surface area (Å²) in [5, 5.41) is 0. The van der Waals surface area contributed by atoms with E-state index in [4.69, 9.17) is 4.74 Å². The maximum atomic E-state index is 11.8. The summed E-state index contributed by atoms with van der Waals surface area (Å²) in [7, 11) is 0. The van der Waals surface area contributed by atoms with Gasteiger partial charge in [0, 0.05) is 19.4 Å². The number of likely N-dealkylation sites (tertiary alicyclic amines) is 1. The van der Waals surface area contributed by atoms with Crippen LogP contribution in [-0.4, -0.2) is 29.6 Å². The van der Waals surface area contributed by atoms with Crippen LogP contribution in [0.1, 0.15) is 37.7 Å². The van der Waals surface area contributed by atoms with Crippen LogP contribution in [-0.2, 0) is 16.1 Å². The number of rotatable bonds is 4. The number of ether oxygens (including phenoxy) is 1. The number of hydrogen-bond donors (Lipinski definition) is 0. The molecule has 0 bridgehead atoms. The average Bonchev–Trinajstić information content (AvgIpc) is 2.65. The predicted octanol–water partition coefficient (Wildman–Crippen LogP) is 4.38. The molecule has 0 amide bonds. The zero-order valence-corrected chi connectivity index (χ0v) is 15.5. The van der Waals surface area contributed by atoms with Crippen LogP contribution in [0.3, 0.4) is 0 Å². The van der Waals surface area contributed by atoms with E-state index in [9.17, 15) is 9.59 Å². The monoisotopic (exact) mass is 363 g/mol. The molecule has 27 heavy (non-hydrogen) atoms. The Bertz CT molecular complexity index is 787. The molecule has 1 saturated carbocycles. The van der Waals surface area contributed by atoms with Gasteiger partial charge in [0.15, 0.2) is 0 Å². The third-order valence-electron chi connectivity index (χ3n) is 5.76. The largest absolute Gasteiger partial charge is 0.457 e. The summed E-state index contributed by atoms with van der Waals surface area (Å²) in [6, 6.07) is 18.0. The van der Waals surface area contributed by atoms with Gasteiger partial charge in [-0.15, -0.1) is 0 Å². The van der Waals surface area contributed by atoms with E-state index in [0.717, 1.165) is 44.0 Å². The highest BCUT2D eigenvalue weighted by Crippen LogP contribution is 2.42. The number of nitrogens with zero attached hydrogens (tertiary/aromatic N) is 1. The molecule has 0 unspecified atom stereocenters. The lowest BCUT2D eigenvalue weighted by atomic mass is 9.67. The zero-order chi connectivity index (χ0) is 18.7. The maximum Gasteiger partial charge on any atom is 0.140 e. The number of piperidine rings is 1. The van der Waals surface area contributed by atoms with Gasteiger partial charge in [-0.05, 0) is 61.2 Å². The second-order valence-electron chi connectivity index (χ2n) is 7.94. The minimum atomic E-state index is -0.0592. The minimum absolute atomic E-state index is 0.0592. The molecule has 0 N–H and O–H groups in total. The Labute approximate surface area is 160 Å². The highest BCUT2D eigenvalue weighted by Gasteiger charge is 2.41. The SMILES string of the molecule is O=C1CC(=O)CC2(CCN(Cc3ccc(Oc4ccccc4)cc3)CC2)C1. The molecule has 1 aliphatic carbocycles. The van der Waals surface area contributed by atoms with E-state index < -0.39 is 0 Å². The molecule has 0 aromatic heterocycles. The van der Waals surface area contributed by atoms with Crippen molar-refractivity contribution >= 4 is 11.6 Å². The molecule has 1 spiro atoms. The van der Waals surface area contributed by atoms with Crippen LogP contribution in [0.2, 0.25) is 0 Å². The maximum absolute atomic E-state index is 11.8. The van der Waals surface area contributed by atoms with Crippen molar-refractivity contribution in [2.24, 2.45) is 5.41 Å². The summed E-state index contributed by atoms with van der Waals surface area (Å²) >= 11 is 0. The zero-order valence-electron chi connectivity index (χ0n) is 15.5. The Morgan fingerprint density at radius 3 is 2.04 bits per heavy atom. The molecule has 2 fully saturated rings. The van der Waals surface area contributed by atoms with E-state index >= 15 is 0 Å². The Balaban J connectivity index is 1.31. The first-order valence-electron chi connectivity index (χ1n) is 9.68. The topological polar surface area (TPSA) is 46.6 Å². The quantitative estimate of drug-likeness (QED) is 0.756. The molecular formula is C23H25NO3. The number of hydrogen-bond acceptors (Lipinski definition) is 4. The Hall–Kier alpha value is -2.46. The molecule has 1 saturated heterocycles. The lowest BCUT2D eigenvalue weighted by Crippen LogP contribution is -2.44. The number of ketones is 2. The van der Waals surface area contributed by atoms with Crippen LogP contribution in [0.4, 0.5) is 0 Å². The third kappa shape index (κ3) is 4.45. The molecule has 2 aromatic rings. The van der Waals surface area contributed by atoms with Gasteiger partial charge in [-0.25, -0.2) is 0 Å². The van der Waals surface area contributed by atoms with Crippen molar-refractivity contribution in [3.63, 3.8) is 0 Å². The number of Topliss-reactive ketones (excluding diaryl/α,β-unsaturated/α-hetero) is 2. The van der Waals surface area contributed by atoms with Crippen molar-refractivity contribution < 1.29 is 14.3 Å².